The van der Waals surface area contributed by atoms with Gasteiger partial charge in [-0.3, -0.25) is 9.59 Å². The molecule has 0 saturated heterocycles. The van der Waals surface area contributed by atoms with Gasteiger partial charge < -0.3 is 5.32 Å². The number of nitrogens with one attached hydrogen (secondary N) is 2. The number of aryl methyl sites for hydroxylation is 1. The molecule has 2 aromatic heterocycles. The Labute approximate surface area is 153 Å². The van der Waals surface area contributed by atoms with Gasteiger partial charge >= 0.3 is 0 Å². The molecule has 7 nitrogen and oxygen atoms in total. The Balaban J connectivity index is 1.83. The van der Waals surface area contributed by atoms with Crippen LogP contribution >= 0.6 is 11.8 Å². The topological polar surface area (TPSA) is 92.7 Å². The second-order valence-electron chi connectivity index (χ2n) is 6.12. The molecular formula is C18H17N5O2S. The van der Waals surface area contributed by atoms with E-state index in [9.17, 15) is 9.59 Å². The Morgan fingerprint density at radius 3 is 2.58 bits per heavy atom. The summed E-state index contributed by atoms with van der Waals surface area (Å²) >= 11 is 1.68. The van der Waals surface area contributed by atoms with Crippen LogP contribution in [-0.2, 0) is 4.79 Å². The van der Waals surface area contributed by atoms with E-state index in [0.29, 0.717) is 18.1 Å². The van der Waals surface area contributed by atoms with E-state index in [1.165, 1.54) is 11.0 Å². The van der Waals surface area contributed by atoms with Crippen LogP contribution in [0.3, 0.4) is 0 Å². The highest BCUT2D eigenvalue weighted by Crippen LogP contribution is 2.40. The van der Waals surface area contributed by atoms with Crippen molar-refractivity contribution in [1.29, 1.82) is 0 Å². The SMILES string of the molecule is CSc1ccc([C@H]2CC(=O)Nc3c2c(C)nn3-c2ccc(=O)[nH]n2)cc1. The predicted octanol–water partition coefficient (Wildman–Crippen LogP) is 2.46. The summed E-state index contributed by atoms with van der Waals surface area (Å²) in [5.41, 5.74) is 2.60. The number of carbonyl (C=O) groups is 1. The number of thioether (sulfide) groups is 1. The van der Waals surface area contributed by atoms with Crippen LogP contribution in [0.5, 0.6) is 0 Å². The van der Waals surface area contributed by atoms with Crippen LogP contribution in [0.25, 0.3) is 5.82 Å². The van der Waals surface area contributed by atoms with Crippen molar-refractivity contribution in [2.24, 2.45) is 0 Å². The zero-order valence-corrected chi connectivity index (χ0v) is 15.1. The van der Waals surface area contributed by atoms with Crippen LogP contribution in [0.4, 0.5) is 5.82 Å². The van der Waals surface area contributed by atoms with Crippen LogP contribution in [0.1, 0.15) is 29.2 Å². The lowest BCUT2D eigenvalue weighted by atomic mass is 9.86. The van der Waals surface area contributed by atoms with Gasteiger partial charge in [-0.1, -0.05) is 12.1 Å². The number of benzene rings is 1. The lowest BCUT2D eigenvalue weighted by Crippen LogP contribution is -2.25. The van der Waals surface area contributed by atoms with Crippen molar-refractivity contribution in [1.82, 2.24) is 20.0 Å². The maximum absolute atomic E-state index is 12.3. The van der Waals surface area contributed by atoms with E-state index in [-0.39, 0.29) is 17.4 Å². The lowest BCUT2D eigenvalue weighted by Gasteiger charge is -2.24. The van der Waals surface area contributed by atoms with E-state index in [2.05, 4.69) is 44.9 Å². The smallest absolute Gasteiger partial charge is 0.264 e. The Hall–Kier alpha value is -2.87. The molecule has 3 heterocycles. The van der Waals surface area contributed by atoms with Gasteiger partial charge in [-0.25, -0.2) is 5.10 Å². The van der Waals surface area contributed by atoms with Crippen molar-refractivity contribution >= 4 is 23.5 Å². The van der Waals surface area contributed by atoms with Crippen molar-refractivity contribution in [3.8, 4) is 5.82 Å². The molecule has 8 heteroatoms. The van der Waals surface area contributed by atoms with Crippen LogP contribution in [0.2, 0.25) is 0 Å². The van der Waals surface area contributed by atoms with Gasteiger partial charge in [0.05, 0.1) is 5.69 Å². The van der Waals surface area contributed by atoms with E-state index < -0.39 is 0 Å². The van der Waals surface area contributed by atoms with E-state index >= 15 is 0 Å². The molecular weight excluding hydrogens is 350 g/mol. The van der Waals surface area contributed by atoms with Crippen molar-refractivity contribution in [3.05, 3.63) is 63.6 Å². The maximum atomic E-state index is 12.3. The van der Waals surface area contributed by atoms with Crippen LogP contribution in [0.15, 0.2) is 46.1 Å². The first-order chi connectivity index (χ1) is 12.6. The summed E-state index contributed by atoms with van der Waals surface area (Å²) in [6.45, 7) is 1.92. The summed E-state index contributed by atoms with van der Waals surface area (Å²) in [5.74, 6) is 0.929. The highest BCUT2D eigenvalue weighted by molar-refractivity contribution is 7.98. The third kappa shape index (κ3) is 2.82. The van der Waals surface area contributed by atoms with E-state index in [1.54, 1.807) is 22.5 Å². The standard InChI is InChI=1S/C18H17N5O2S/c1-10-17-13(11-3-5-12(26-2)6-4-11)9-16(25)19-18(17)23(22-10)14-7-8-15(24)21-20-14/h3-8,13H,9H2,1-2H3,(H,19,25)(H,21,24)/t13-/m1/s1. The fourth-order valence-electron chi connectivity index (χ4n) is 3.29. The van der Waals surface area contributed by atoms with Gasteiger partial charge in [0.1, 0.15) is 5.82 Å². The first-order valence-corrected chi connectivity index (χ1v) is 9.38. The molecule has 4 rings (SSSR count). The van der Waals surface area contributed by atoms with Gasteiger partial charge in [0, 0.05) is 28.9 Å². The predicted molar refractivity (Wildman–Crippen MR) is 100 cm³/mol. The minimum absolute atomic E-state index is 0.0637. The molecule has 1 aliphatic rings. The summed E-state index contributed by atoms with van der Waals surface area (Å²) in [7, 11) is 0. The van der Waals surface area contributed by atoms with E-state index in [4.69, 9.17) is 0 Å². The molecule has 0 aliphatic carbocycles. The number of rotatable bonds is 3. The molecule has 0 bridgehead atoms. The molecule has 1 amide bonds. The number of anilines is 1. The Bertz CT molecular complexity index is 1020. The van der Waals surface area contributed by atoms with Gasteiger partial charge in [0.25, 0.3) is 5.56 Å². The van der Waals surface area contributed by atoms with E-state index in [0.717, 1.165) is 16.8 Å². The number of hydrogen-bond donors (Lipinski definition) is 2. The largest absolute Gasteiger partial charge is 0.310 e. The van der Waals surface area contributed by atoms with Crippen LogP contribution < -0.4 is 10.9 Å². The molecule has 0 radical (unpaired) electrons. The Kier molecular flexibility index (Phi) is 4.12. The first kappa shape index (κ1) is 16.6. The number of fused-ring (bicyclic) bond motifs is 1. The summed E-state index contributed by atoms with van der Waals surface area (Å²) in [5, 5.41) is 13.9. The molecule has 0 saturated carbocycles. The molecule has 1 atom stereocenters. The fraction of sp³-hybridized carbons (Fsp3) is 0.222. The van der Waals surface area contributed by atoms with Crippen molar-refractivity contribution < 1.29 is 4.79 Å². The summed E-state index contributed by atoms with van der Waals surface area (Å²) in [6, 6.07) is 11.2. The number of aromatic nitrogens is 4. The normalized spacial score (nSPS) is 16.2. The molecule has 1 aliphatic heterocycles. The number of hydrogen-bond acceptors (Lipinski definition) is 5. The zero-order chi connectivity index (χ0) is 18.3. The number of H-pyrrole nitrogens is 1. The second-order valence-corrected chi connectivity index (χ2v) is 7.00. The summed E-state index contributed by atoms with van der Waals surface area (Å²) < 4.78 is 1.57. The molecule has 2 N–H and O–H groups in total. The van der Waals surface area contributed by atoms with Crippen LogP contribution in [0, 0.1) is 6.92 Å². The molecule has 0 unspecified atom stereocenters. The van der Waals surface area contributed by atoms with Crippen molar-refractivity contribution in [2.75, 3.05) is 11.6 Å². The molecule has 0 fully saturated rings. The van der Waals surface area contributed by atoms with Crippen molar-refractivity contribution in [3.63, 3.8) is 0 Å². The monoisotopic (exact) mass is 367 g/mol. The van der Waals surface area contributed by atoms with Gasteiger partial charge in [-0.2, -0.15) is 14.9 Å². The average Bonchev–Trinajstić information content (AvgIpc) is 2.98. The second kappa shape index (κ2) is 6.45. The summed E-state index contributed by atoms with van der Waals surface area (Å²) in [4.78, 5) is 24.8. The molecule has 3 aromatic rings. The van der Waals surface area contributed by atoms with Gasteiger partial charge in [-0.15, -0.1) is 11.8 Å². The number of aromatic amines is 1. The van der Waals surface area contributed by atoms with E-state index in [1.807, 2.05) is 13.2 Å². The van der Waals surface area contributed by atoms with Crippen molar-refractivity contribution in [2.45, 2.75) is 24.2 Å². The minimum atomic E-state index is -0.290. The lowest BCUT2D eigenvalue weighted by molar-refractivity contribution is -0.116. The third-order valence-corrected chi connectivity index (χ3v) is 5.25. The molecule has 26 heavy (non-hydrogen) atoms. The third-order valence-electron chi connectivity index (χ3n) is 4.50. The number of carbonyl (C=O) groups excluding carboxylic acids is 1. The highest BCUT2D eigenvalue weighted by Gasteiger charge is 2.32. The average molecular weight is 367 g/mol. The number of nitrogens with zero attached hydrogens (tertiary/aromatic N) is 3. The molecule has 0 spiro atoms. The maximum Gasteiger partial charge on any atom is 0.264 e. The van der Waals surface area contributed by atoms with Gasteiger partial charge in [0.15, 0.2) is 5.82 Å². The fourth-order valence-corrected chi connectivity index (χ4v) is 3.70. The Morgan fingerprint density at radius 1 is 1.15 bits per heavy atom. The van der Waals surface area contributed by atoms with Crippen LogP contribution in [-0.4, -0.2) is 32.1 Å². The quantitative estimate of drug-likeness (QED) is 0.694. The van der Waals surface area contributed by atoms with Gasteiger partial charge in [0.2, 0.25) is 5.91 Å². The summed E-state index contributed by atoms with van der Waals surface area (Å²) in [6.07, 6.45) is 2.41. The Morgan fingerprint density at radius 2 is 1.92 bits per heavy atom. The van der Waals surface area contributed by atoms with Gasteiger partial charge in [-0.05, 0) is 36.9 Å². The number of amides is 1. The zero-order valence-electron chi connectivity index (χ0n) is 14.3. The molecule has 132 valence electrons. The first-order valence-electron chi connectivity index (χ1n) is 8.16. The highest BCUT2D eigenvalue weighted by atomic mass is 32.2. The molecule has 1 aromatic carbocycles. The minimum Gasteiger partial charge on any atom is -0.310 e.